The highest BCUT2D eigenvalue weighted by molar-refractivity contribution is 6.31. The fraction of sp³-hybridized carbons (Fsp3) is 0.500. The van der Waals surface area contributed by atoms with Crippen LogP contribution in [0.2, 0.25) is 5.02 Å². The average Bonchev–Trinajstić information content (AvgIpc) is 3.33. The number of carbonyl (C=O) groups is 2. The number of carboxylic acid groups (broad SMARTS) is 1. The van der Waals surface area contributed by atoms with Crippen molar-refractivity contribution in [3.05, 3.63) is 34.3 Å². The Balaban J connectivity index is 1.84. The van der Waals surface area contributed by atoms with Gasteiger partial charge in [0.1, 0.15) is 0 Å². The maximum Gasteiger partial charge on any atom is 0.408 e. The van der Waals surface area contributed by atoms with Crippen LogP contribution in [0.15, 0.2) is 18.2 Å². The van der Waals surface area contributed by atoms with Gasteiger partial charge in [0.25, 0.3) is 5.91 Å². The molecule has 2 saturated carbocycles. The Morgan fingerprint density at radius 1 is 1.32 bits per heavy atom. The Kier molecular flexibility index (Phi) is 4.00. The van der Waals surface area contributed by atoms with Crippen molar-refractivity contribution >= 4 is 23.6 Å². The van der Waals surface area contributed by atoms with Crippen molar-refractivity contribution in [1.29, 1.82) is 0 Å². The topological polar surface area (TPSA) is 69.6 Å². The molecule has 0 spiro atoms. The van der Waals surface area contributed by atoms with E-state index in [4.69, 9.17) is 11.6 Å². The zero-order valence-electron chi connectivity index (χ0n) is 12.4. The summed E-state index contributed by atoms with van der Waals surface area (Å²) in [6, 6.07) is 5.04. The molecule has 2 amide bonds. The number of carbonyl (C=O) groups excluding carboxylic acids is 1. The van der Waals surface area contributed by atoms with Gasteiger partial charge in [-0.3, -0.25) is 9.69 Å². The maximum atomic E-state index is 12.1. The molecule has 0 aliphatic heterocycles. The lowest BCUT2D eigenvalue weighted by Crippen LogP contribution is -2.34. The molecule has 2 fully saturated rings. The quantitative estimate of drug-likeness (QED) is 0.872. The largest absolute Gasteiger partial charge is 0.465 e. The van der Waals surface area contributed by atoms with E-state index in [0.717, 1.165) is 25.7 Å². The second-order valence-corrected chi connectivity index (χ2v) is 6.49. The lowest BCUT2D eigenvalue weighted by molar-refractivity contribution is 0.0951. The van der Waals surface area contributed by atoms with Gasteiger partial charge in [-0.2, -0.15) is 0 Å². The molecule has 22 heavy (non-hydrogen) atoms. The standard InChI is InChI=1S/C16H19ClN2O3/c1-9(19(16(21)22)12-5-6-12)13-8-10(2-7-14(13)17)15(20)18-11-3-4-11/h2,7-9,11-12H,3-6H2,1H3,(H,18,20)(H,21,22). The molecule has 5 nitrogen and oxygen atoms in total. The molecule has 0 heterocycles. The molecule has 2 aliphatic carbocycles. The van der Waals surface area contributed by atoms with Crippen LogP contribution in [0.5, 0.6) is 0 Å². The lowest BCUT2D eigenvalue weighted by Gasteiger charge is -2.27. The van der Waals surface area contributed by atoms with Gasteiger partial charge in [-0.1, -0.05) is 11.6 Å². The molecule has 0 radical (unpaired) electrons. The molecule has 1 unspecified atom stereocenters. The summed E-state index contributed by atoms with van der Waals surface area (Å²) in [4.78, 5) is 25.1. The van der Waals surface area contributed by atoms with Crippen molar-refractivity contribution in [3.8, 4) is 0 Å². The summed E-state index contributed by atoms with van der Waals surface area (Å²) >= 11 is 6.24. The van der Waals surface area contributed by atoms with E-state index in [1.807, 2.05) is 6.92 Å². The molecule has 0 bridgehead atoms. The van der Waals surface area contributed by atoms with E-state index in [1.54, 1.807) is 18.2 Å². The third-order valence-electron chi connectivity index (χ3n) is 4.20. The minimum Gasteiger partial charge on any atom is -0.465 e. The Hall–Kier alpha value is -1.75. The molecule has 0 saturated heterocycles. The van der Waals surface area contributed by atoms with Crippen LogP contribution in [0.25, 0.3) is 0 Å². The van der Waals surface area contributed by atoms with Crippen LogP contribution in [-0.2, 0) is 0 Å². The number of amides is 2. The molecule has 2 N–H and O–H groups in total. The fourth-order valence-corrected chi connectivity index (χ4v) is 2.92. The first-order valence-corrected chi connectivity index (χ1v) is 7.96. The molecule has 6 heteroatoms. The Bertz CT molecular complexity index is 611. The van der Waals surface area contributed by atoms with Crippen molar-refractivity contribution in [2.45, 2.75) is 50.7 Å². The molecular formula is C16H19ClN2O3. The van der Waals surface area contributed by atoms with Gasteiger partial charge in [0, 0.05) is 22.7 Å². The summed E-state index contributed by atoms with van der Waals surface area (Å²) in [6.07, 6.45) is 2.87. The number of nitrogens with one attached hydrogen (secondary N) is 1. The monoisotopic (exact) mass is 322 g/mol. The normalized spacial score (nSPS) is 18.6. The predicted octanol–water partition coefficient (Wildman–Crippen LogP) is 3.44. The van der Waals surface area contributed by atoms with Crippen molar-refractivity contribution in [3.63, 3.8) is 0 Å². The van der Waals surface area contributed by atoms with E-state index in [9.17, 15) is 14.7 Å². The van der Waals surface area contributed by atoms with Crippen LogP contribution in [-0.4, -0.2) is 34.1 Å². The van der Waals surface area contributed by atoms with Crippen LogP contribution >= 0.6 is 11.6 Å². The lowest BCUT2D eigenvalue weighted by atomic mass is 10.0. The number of rotatable bonds is 5. The molecular weight excluding hydrogens is 304 g/mol. The van der Waals surface area contributed by atoms with E-state index in [1.165, 1.54) is 4.90 Å². The summed E-state index contributed by atoms with van der Waals surface area (Å²) in [5, 5.41) is 12.8. The minimum atomic E-state index is -0.945. The van der Waals surface area contributed by atoms with E-state index in [2.05, 4.69) is 5.32 Å². The van der Waals surface area contributed by atoms with E-state index in [0.29, 0.717) is 16.1 Å². The summed E-state index contributed by atoms with van der Waals surface area (Å²) < 4.78 is 0. The van der Waals surface area contributed by atoms with Gasteiger partial charge in [0.05, 0.1) is 6.04 Å². The van der Waals surface area contributed by atoms with E-state index in [-0.39, 0.29) is 24.0 Å². The van der Waals surface area contributed by atoms with Crippen molar-refractivity contribution < 1.29 is 14.7 Å². The Morgan fingerprint density at radius 2 is 2.00 bits per heavy atom. The van der Waals surface area contributed by atoms with Gasteiger partial charge >= 0.3 is 6.09 Å². The van der Waals surface area contributed by atoms with Gasteiger partial charge in [-0.25, -0.2) is 4.79 Å². The summed E-state index contributed by atoms with van der Waals surface area (Å²) in [5.74, 6) is -0.124. The summed E-state index contributed by atoms with van der Waals surface area (Å²) in [5.41, 5.74) is 1.21. The van der Waals surface area contributed by atoms with Crippen LogP contribution < -0.4 is 5.32 Å². The van der Waals surface area contributed by atoms with Gasteiger partial charge in [-0.15, -0.1) is 0 Å². The van der Waals surface area contributed by atoms with Crippen molar-refractivity contribution in [2.24, 2.45) is 0 Å². The summed E-state index contributed by atoms with van der Waals surface area (Å²) in [6.45, 7) is 1.82. The van der Waals surface area contributed by atoms with E-state index < -0.39 is 6.09 Å². The van der Waals surface area contributed by atoms with E-state index >= 15 is 0 Å². The SMILES string of the molecule is CC(c1cc(C(=O)NC2CC2)ccc1Cl)N(C(=O)O)C1CC1. The van der Waals surface area contributed by atoms with Gasteiger partial charge in [0.2, 0.25) is 0 Å². The minimum absolute atomic E-state index is 0.0625. The Labute approximate surface area is 134 Å². The highest BCUT2D eigenvalue weighted by atomic mass is 35.5. The van der Waals surface area contributed by atoms with Crippen LogP contribution in [0, 0.1) is 0 Å². The van der Waals surface area contributed by atoms with Crippen LogP contribution in [0.1, 0.15) is 54.6 Å². The predicted molar refractivity (Wildman–Crippen MR) is 83.2 cm³/mol. The maximum absolute atomic E-state index is 12.1. The first-order chi connectivity index (χ1) is 10.5. The third-order valence-corrected chi connectivity index (χ3v) is 4.54. The highest BCUT2D eigenvalue weighted by Gasteiger charge is 2.37. The first kappa shape index (κ1) is 15.2. The Morgan fingerprint density at radius 3 is 2.55 bits per heavy atom. The molecule has 1 aromatic rings. The first-order valence-electron chi connectivity index (χ1n) is 7.59. The smallest absolute Gasteiger partial charge is 0.408 e. The van der Waals surface area contributed by atoms with Gasteiger partial charge in [0.15, 0.2) is 0 Å². The average molecular weight is 323 g/mol. The number of hydrogen-bond donors (Lipinski definition) is 2. The number of benzene rings is 1. The summed E-state index contributed by atoms with van der Waals surface area (Å²) in [7, 11) is 0. The van der Waals surface area contributed by atoms with Gasteiger partial charge < -0.3 is 10.4 Å². The van der Waals surface area contributed by atoms with Crippen molar-refractivity contribution in [2.75, 3.05) is 0 Å². The molecule has 2 aliphatic rings. The third kappa shape index (κ3) is 3.19. The fourth-order valence-electron chi connectivity index (χ4n) is 2.64. The van der Waals surface area contributed by atoms with Crippen LogP contribution in [0.3, 0.4) is 0 Å². The zero-order chi connectivity index (χ0) is 15.9. The molecule has 3 rings (SSSR count). The van der Waals surface area contributed by atoms with Gasteiger partial charge in [-0.05, 0) is 56.4 Å². The number of halogens is 1. The second kappa shape index (κ2) is 5.80. The number of hydrogen-bond acceptors (Lipinski definition) is 2. The highest BCUT2D eigenvalue weighted by Crippen LogP contribution is 2.37. The molecule has 1 aromatic carbocycles. The second-order valence-electron chi connectivity index (χ2n) is 6.08. The molecule has 118 valence electrons. The molecule has 1 atom stereocenters. The number of nitrogens with zero attached hydrogens (tertiary/aromatic N) is 1. The zero-order valence-corrected chi connectivity index (χ0v) is 13.1. The van der Waals surface area contributed by atoms with Crippen molar-refractivity contribution in [1.82, 2.24) is 10.2 Å². The molecule has 0 aromatic heterocycles. The van der Waals surface area contributed by atoms with Crippen LogP contribution in [0.4, 0.5) is 4.79 Å².